The molecule has 0 aromatic heterocycles. The summed E-state index contributed by atoms with van der Waals surface area (Å²) in [5.41, 5.74) is 1.01. The van der Waals surface area contributed by atoms with Crippen molar-refractivity contribution in [3.05, 3.63) is 81.5 Å². The zero-order chi connectivity index (χ0) is 18.4. The zero-order valence-electron chi connectivity index (χ0n) is 13.8. The normalized spacial score (nSPS) is 10.9. The first-order valence-electron chi connectivity index (χ1n) is 7.42. The molecule has 0 fully saturated rings. The molecule has 0 radical (unpaired) electrons. The molecule has 2 amide bonds. The Bertz CT molecular complexity index is 812. The average Bonchev–Trinajstić information content (AvgIpc) is 2.61. The van der Waals surface area contributed by atoms with Crippen molar-refractivity contribution in [1.29, 1.82) is 0 Å². The smallest absolute Gasteiger partial charge is 0.269 e. The summed E-state index contributed by atoms with van der Waals surface area (Å²) in [6.45, 7) is 0. The number of non-ortho nitro benzene ring substituents is 1. The number of rotatable bonds is 5. The summed E-state index contributed by atoms with van der Waals surface area (Å²) in [6.07, 6.45) is 1.48. The van der Waals surface area contributed by atoms with Crippen LogP contribution >= 0.6 is 0 Å². The molecule has 0 aliphatic heterocycles. The minimum Gasteiger partial charge on any atom is -0.344 e. The summed E-state index contributed by atoms with van der Waals surface area (Å²) < 4.78 is 0. The highest BCUT2D eigenvalue weighted by Gasteiger charge is 2.16. The third-order valence-corrected chi connectivity index (χ3v) is 3.34. The third kappa shape index (κ3) is 4.74. The number of amides is 2. The summed E-state index contributed by atoms with van der Waals surface area (Å²) in [6, 6.07) is 14.2. The third-order valence-electron chi connectivity index (χ3n) is 3.34. The van der Waals surface area contributed by atoms with Crippen molar-refractivity contribution < 1.29 is 14.5 Å². The van der Waals surface area contributed by atoms with E-state index in [2.05, 4.69) is 5.32 Å². The minimum atomic E-state index is -0.503. The van der Waals surface area contributed by atoms with E-state index in [1.54, 1.807) is 44.4 Å². The Labute approximate surface area is 144 Å². The van der Waals surface area contributed by atoms with Crippen molar-refractivity contribution in [3.8, 4) is 0 Å². The highest BCUT2D eigenvalue weighted by atomic mass is 16.6. The molecule has 0 spiro atoms. The van der Waals surface area contributed by atoms with Gasteiger partial charge < -0.3 is 10.2 Å². The maximum absolute atomic E-state index is 12.3. The topological polar surface area (TPSA) is 92.6 Å². The van der Waals surface area contributed by atoms with E-state index in [4.69, 9.17) is 0 Å². The summed E-state index contributed by atoms with van der Waals surface area (Å²) >= 11 is 0. The first-order chi connectivity index (χ1) is 11.9. The van der Waals surface area contributed by atoms with Gasteiger partial charge in [-0.15, -0.1) is 0 Å². The predicted octanol–water partition coefficient (Wildman–Crippen LogP) is 2.45. The number of benzene rings is 2. The maximum Gasteiger partial charge on any atom is 0.269 e. The van der Waals surface area contributed by atoms with E-state index in [1.165, 1.54) is 35.2 Å². The van der Waals surface area contributed by atoms with Gasteiger partial charge in [0.25, 0.3) is 17.5 Å². The number of nitro groups is 1. The van der Waals surface area contributed by atoms with Crippen LogP contribution in [0.25, 0.3) is 6.08 Å². The van der Waals surface area contributed by atoms with Crippen molar-refractivity contribution in [3.63, 3.8) is 0 Å². The number of nitro benzene ring substituents is 1. The fourth-order valence-electron chi connectivity index (χ4n) is 2.04. The van der Waals surface area contributed by atoms with E-state index in [0.29, 0.717) is 11.1 Å². The van der Waals surface area contributed by atoms with Crippen LogP contribution < -0.4 is 5.32 Å². The molecule has 0 atom stereocenters. The molecule has 0 aliphatic rings. The van der Waals surface area contributed by atoms with E-state index >= 15 is 0 Å². The number of likely N-dealkylation sites (N-methyl/N-ethyl adjacent to an activating group) is 1. The molecule has 0 saturated heterocycles. The number of carbonyl (C=O) groups is 2. The molecular formula is C18H17N3O4. The fraction of sp³-hybridized carbons (Fsp3) is 0.111. The Balaban J connectivity index is 2.30. The molecular weight excluding hydrogens is 322 g/mol. The minimum absolute atomic E-state index is 0.0500. The van der Waals surface area contributed by atoms with Crippen LogP contribution in [-0.4, -0.2) is 35.7 Å². The first kappa shape index (κ1) is 17.9. The van der Waals surface area contributed by atoms with E-state index in [1.807, 2.05) is 0 Å². The van der Waals surface area contributed by atoms with Crippen molar-refractivity contribution in [2.75, 3.05) is 14.1 Å². The van der Waals surface area contributed by atoms with Crippen LogP contribution in [0.3, 0.4) is 0 Å². The SMILES string of the molecule is CN(C)C(=O)C(=Cc1ccc([N+](=O)[O-])cc1)NC(=O)c1ccccc1. The Morgan fingerprint density at radius 1 is 1.04 bits per heavy atom. The van der Waals surface area contributed by atoms with E-state index < -0.39 is 10.8 Å². The summed E-state index contributed by atoms with van der Waals surface area (Å²) in [5, 5.41) is 13.3. The largest absolute Gasteiger partial charge is 0.344 e. The number of hydrogen-bond donors (Lipinski definition) is 1. The van der Waals surface area contributed by atoms with Crippen LogP contribution in [0.1, 0.15) is 15.9 Å². The van der Waals surface area contributed by atoms with Gasteiger partial charge in [0.15, 0.2) is 0 Å². The lowest BCUT2D eigenvalue weighted by Gasteiger charge is -2.15. The van der Waals surface area contributed by atoms with Gasteiger partial charge in [-0.2, -0.15) is 0 Å². The van der Waals surface area contributed by atoms with Crippen molar-refractivity contribution in [2.24, 2.45) is 0 Å². The highest BCUT2D eigenvalue weighted by Crippen LogP contribution is 2.14. The van der Waals surface area contributed by atoms with Crippen molar-refractivity contribution >= 4 is 23.6 Å². The highest BCUT2D eigenvalue weighted by molar-refractivity contribution is 6.05. The average molecular weight is 339 g/mol. The van der Waals surface area contributed by atoms with Crippen LogP contribution in [0, 0.1) is 10.1 Å². The molecule has 0 unspecified atom stereocenters. The van der Waals surface area contributed by atoms with Gasteiger partial charge >= 0.3 is 0 Å². The van der Waals surface area contributed by atoms with Gasteiger partial charge in [0.1, 0.15) is 5.70 Å². The second-order valence-corrected chi connectivity index (χ2v) is 5.43. The fourth-order valence-corrected chi connectivity index (χ4v) is 2.04. The Kier molecular flexibility index (Phi) is 5.62. The number of hydrogen-bond acceptors (Lipinski definition) is 4. The van der Waals surface area contributed by atoms with Gasteiger partial charge in [-0.05, 0) is 35.9 Å². The molecule has 7 nitrogen and oxygen atoms in total. The number of carbonyl (C=O) groups excluding carboxylic acids is 2. The molecule has 2 rings (SSSR count). The molecule has 0 bridgehead atoms. The quantitative estimate of drug-likeness (QED) is 0.514. The van der Waals surface area contributed by atoms with Gasteiger partial charge in [-0.3, -0.25) is 19.7 Å². The molecule has 1 N–H and O–H groups in total. The lowest BCUT2D eigenvalue weighted by Crippen LogP contribution is -2.34. The van der Waals surface area contributed by atoms with Crippen molar-refractivity contribution in [1.82, 2.24) is 10.2 Å². The summed E-state index contributed by atoms with van der Waals surface area (Å²) in [7, 11) is 3.14. The molecule has 0 saturated carbocycles. The molecule has 2 aromatic carbocycles. The van der Waals surface area contributed by atoms with Crippen LogP contribution in [-0.2, 0) is 4.79 Å². The molecule has 7 heteroatoms. The van der Waals surface area contributed by atoms with Crippen molar-refractivity contribution in [2.45, 2.75) is 0 Å². The molecule has 25 heavy (non-hydrogen) atoms. The van der Waals surface area contributed by atoms with Gasteiger partial charge in [0.05, 0.1) is 4.92 Å². The summed E-state index contributed by atoms with van der Waals surface area (Å²) in [4.78, 5) is 36.2. The Morgan fingerprint density at radius 3 is 2.16 bits per heavy atom. The molecule has 2 aromatic rings. The lowest BCUT2D eigenvalue weighted by molar-refractivity contribution is -0.384. The number of nitrogens with one attached hydrogen (secondary N) is 1. The van der Waals surface area contributed by atoms with Crippen LogP contribution in [0.5, 0.6) is 0 Å². The van der Waals surface area contributed by atoms with Crippen LogP contribution in [0.4, 0.5) is 5.69 Å². The van der Waals surface area contributed by atoms with Gasteiger partial charge in [0, 0.05) is 31.8 Å². The molecule has 0 heterocycles. The lowest BCUT2D eigenvalue weighted by atomic mass is 10.1. The van der Waals surface area contributed by atoms with Gasteiger partial charge in [-0.1, -0.05) is 18.2 Å². The van der Waals surface area contributed by atoms with Crippen LogP contribution in [0.2, 0.25) is 0 Å². The van der Waals surface area contributed by atoms with E-state index in [0.717, 1.165) is 0 Å². The first-order valence-corrected chi connectivity index (χ1v) is 7.42. The second-order valence-electron chi connectivity index (χ2n) is 5.43. The van der Waals surface area contributed by atoms with Crippen LogP contribution in [0.15, 0.2) is 60.3 Å². The zero-order valence-corrected chi connectivity index (χ0v) is 13.8. The van der Waals surface area contributed by atoms with Gasteiger partial charge in [-0.25, -0.2) is 0 Å². The molecule has 128 valence electrons. The van der Waals surface area contributed by atoms with Gasteiger partial charge in [0.2, 0.25) is 0 Å². The standard InChI is InChI=1S/C18H17N3O4/c1-20(2)18(23)16(19-17(22)14-6-4-3-5-7-14)12-13-8-10-15(11-9-13)21(24)25/h3-12H,1-2H3,(H,19,22). The summed E-state index contributed by atoms with van der Waals surface area (Å²) in [5.74, 6) is -0.799. The van der Waals surface area contributed by atoms with E-state index in [9.17, 15) is 19.7 Å². The monoisotopic (exact) mass is 339 g/mol. The number of nitrogens with zero attached hydrogens (tertiary/aromatic N) is 2. The Hall–Kier alpha value is -3.48. The predicted molar refractivity (Wildman–Crippen MR) is 93.7 cm³/mol. The van der Waals surface area contributed by atoms with E-state index in [-0.39, 0.29) is 17.3 Å². The Morgan fingerprint density at radius 2 is 1.64 bits per heavy atom. The second kappa shape index (κ2) is 7.87. The maximum atomic E-state index is 12.3. The molecule has 0 aliphatic carbocycles.